The Balaban J connectivity index is 1.47. The molecule has 0 aliphatic rings. The topological polar surface area (TPSA) is 218 Å². The van der Waals surface area contributed by atoms with E-state index >= 15 is 0 Å². The van der Waals surface area contributed by atoms with Crippen molar-refractivity contribution in [3.63, 3.8) is 0 Å². The number of para-hydroxylation sites is 1. The molecule has 0 aliphatic carbocycles. The second-order valence-electron chi connectivity index (χ2n) is 15.0. The lowest BCUT2D eigenvalue weighted by Gasteiger charge is -2.25. The molecule has 4 atom stereocenters. The summed E-state index contributed by atoms with van der Waals surface area (Å²) in [7, 11) is 0. The molecule has 0 spiro atoms. The summed E-state index contributed by atoms with van der Waals surface area (Å²) in [5, 5.41) is 30.8. The van der Waals surface area contributed by atoms with Crippen LogP contribution in [0.3, 0.4) is 0 Å². The Morgan fingerprint density at radius 1 is 0.712 bits per heavy atom. The highest BCUT2D eigenvalue weighted by Crippen LogP contribution is 2.14. The normalized spacial score (nSPS) is 13.1. The number of aryl methyl sites for hydroxylation is 1. The molecule has 8 N–H and O–H groups in total. The number of phenols is 1. The minimum absolute atomic E-state index is 0.0184. The Labute approximate surface area is 346 Å². The van der Waals surface area contributed by atoms with Crippen LogP contribution in [0.2, 0.25) is 0 Å². The smallest absolute Gasteiger partial charge is 0.326 e. The van der Waals surface area contributed by atoms with Crippen molar-refractivity contribution in [1.82, 2.24) is 30.8 Å². The first-order valence-electron chi connectivity index (χ1n) is 20.5. The van der Waals surface area contributed by atoms with Crippen molar-refractivity contribution < 1.29 is 34.2 Å². The molecule has 0 aliphatic heterocycles. The van der Waals surface area contributed by atoms with E-state index in [2.05, 4.69) is 33.2 Å². The first-order valence-corrected chi connectivity index (χ1v) is 20.5. The number of hydrogen-bond acceptors (Lipinski definition) is 8. The molecule has 0 fully saturated rings. The van der Waals surface area contributed by atoms with Gasteiger partial charge in [-0.15, -0.1) is 0 Å². The number of nitrogens with zero attached hydrogens (tertiary/aromatic N) is 2. The van der Waals surface area contributed by atoms with Crippen molar-refractivity contribution in [1.29, 1.82) is 0 Å². The number of carboxylic acids is 1. The third-order valence-electron chi connectivity index (χ3n) is 10.0. The number of aromatic hydroxyl groups is 1. The molecular weight excluding hydrogens is 751 g/mol. The molecule has 0 saturated heterocycles. The third-order valence-corrected chi connectivity index (χ3v) is 10.0. The number of aromatic nitrogens is 2. The number of amides is 4. The predicted octanol–water partition coefficient (Wildman–Crippen LogP) is 4.43. The summed E-state index contributed by atoms with van der Waals surface area (Å²) in [6.45, 7) is 4.46. The van der Waals surface area contributed by atoms with Gasteiger partial charge in [0.05, 0.1) is 18.1 Å². The van der Waals surface area contributed by atoms with Crippen LogP contribution in [0.25, 0.3) is 5.69 Å². The average Bonchev–Trinajstić information content (AvgIpc) is 3.69. The summed E-state index contributed by atoms with van der Waals surface area (Å²) in [6.07, 6.45) is 10.3. The van der Waals surface area contributed by atoms with Crippen LogP contribution in [0.5, 0.6) is 5.75 Å². The molecule has 3 aromatic carbocycles. The zero-order valence-corrected chi connectivity index (χ0v) is 34.1. The Morgan fingerprint density at radius 3 is 2.00 bits per heavy atom. The number of benzene rings is 3. The molecule has 0 bridgehead atoms. The Hall–Kier alpha value is -6.02. The van der Waals surface area contributed by atoms with Crippen LogP contribution < -0.4 is 27.0 Å². The maximum atomic E-state index is 14.1. The van der Waals surface area contributed by atoms with Crippen molar-refractivity contribution in [2.45, 2.75) is 115 Å². The van der Waals surface area contributed by atoms with Gasteiger partial charge in [0.25, 0.3) is 0 Å². The van der Waals surface area contributed by atoms with Crippen molar-refractivity contribution in [3.8, 4) is 11.4 Å². The van der Waals surface area contributed by atoms with Gasteiger partial charge in [0.2, 0.25) is 23.6 Å². The number of nitrogens with one attached hydrogen (secondary N) is 4. The van der Waals surface area contributed by atoms with Crippen LogP contribution in [0.4, 0.5) is 0 Å². The summed E-state index contributed by atoms with van der Waals surface area (Å²) >= 11 is 0. The lowest BCUT2D eigenvalue weighted by atomic mass is 10.0. The van der Waals surface area contributed by atoms with Gasteiger partial charge >= 0.3 is 5.97 Å². The number of rotatable bonds is 25. The number of phenolic OH excluding ortho intramolecular Hbond substituents is 1. The third kappa shape index (κ3) is 16.0. The number of carbonyl (C=O) groups is 5. The molecule has 1 heterocycles. The van der Waals surface area contributed by atoms with E-state index in [0.717, 1.165) is 48.9 Å². The lowest BCUT2D eigenvalue weighted by molar-refractivity contribution is -0.142. The quantitative estimate of drug-likeness (QED) is 0.0471. The van der Waals surface area contributed by atoms with E-state index in [1.807, 2.05) is 66.1 Å². The second-order valence-corrected chi connectivity index (χ2v) is 15.0. The van der Waals surface area contributed by atoms with E-state index in [4.69, 9.17) is 5.73 Å². The fourth-order valence-electron chi connectivity index (χ4n) is 6.54. The lowest BCUT2D eigenvalue weighted by Crippen LogP contribution is -2.58. The highest BCUT2D eigenvalue weighted by Gasteiger charge is 2.31. The average molecular weight is 810 g/mol. The monoisotopic (exact) mass is 809 g/mol. The molecule has 1 aromatic heterocycles. The number of carbonyl (C=O) groups excluding carboxylic acids is 4. The molecular formula is C45H59N7O7. The van der Waals surface area contributed by atoms with Crippen LogP contribution in [-0.4, -0.2) is 80.1 Å². The highest BCUT2D eigenvalue weighted by molar-refractivity contribution is 5.94. The number of hydrogen-bond donors (Lipinski definition) is 7. The van der Waals surface area contributed by atoms with Gasteiger partial charge in [-0.25, -0.2) is 9.78 Å². The first-order chi connectivity index (χ1) is 28.4. The van der Waals surface area contributed by atoms with Crippen LogP contribution in [0.1, 0.15) is 87.1 Å². The summed E-state index contributed by atoms with van der Waals surface area (Å²) in [6, 6.07) is 18.2. The molecule has 4 unspecified atom stereocenters. The summed E-state index contributed by atoms with van der Waals surface area (Å²) < 4.78 is 1.82. The fourth-order valence-corrected chi connectivity index (χ4v) is 6.54. The van der Waals surface area contributed by atoms with Gasteiger partial charge in [0, 0.05) is 44.1 Å². The number of carboxylic acid groups (broad SMARTS) is 1. The van der Waals surface area contributed by atoms with Gasteiger partial charge < -0.3 is 41.8 Å². The van der Waals surface area contributed by atoms with E-state index in [0.29, 0.717) is 37.1 Å². The number of unbranched alkanes of at least 4 members (excludes halogenated alkanes) is 5. The maximum absolute atomic E-state index is 14.1. The highest BCUT2D eigenvalue weighted by atomic mass is 16.4. The SMILES string of the molecule is CCCCCCCC(=O)NCCCCC(NC(=O)C(N)Cc1cn(-c2ccccc2)cn1)C(=O)NC(Cc1ccc(C)cc1)C(=O)NC(Cc1ccc(O)cc1)C(=O)O. The Morgan fingerprint density at radius 2 is 1.32 bits per heavy atom. The molecule has 4 aromatic rings. The van der Waals surface area contributed by atoms with E-state index < -0.39 is 47.9 Å². The van der Waals surface area contributed by atoms with Gasteiger partial charge in [0.1, 0.15) is 23.9 Å². The zero-order valence-electron chi connectivity index (χ0n) is 34.1. The molecule has 316 valence electrons. The van der Waals surface area contributed by atoms with Crippen molar-refractivity contribution in [3.05, 3.63) is 114 Å². The molecule has 59 heavy (non-hydrogen) atoms. The molecule has 0 saturated carbocycles. The van der Waals surface area contributed by atoms with Crippen LogP contribution in [0.15, 0.2) is 91.4 Å². The number of aliphatic carboxylic acids is 1. The van der Waals surface area contributed by atoms with E-state index in [9.17, 15) is 34.2 Å². The maximum Gasteiger partial charge on any atom is 0.326 e. The van der Waals surface area contributed by atoms with Gasteiger partial charge in [-0.05, 0) is 68.0 Å². The van der Waals surface area contributed by atoms with Crippen molar-refractivity contribution >= 4 is 29.6 Å². The van der Waals surface area contributed by atoms with Crippen LogP contribution >= 0.6 is 0 Å². The predicted molar refractivity (Wildman–Crippen MR) is 226 cm³/mol. The molecule has 14 heteroatoms. The van der Waals surface area contributed by atoms with Gasteiger partial charge in [-0.1, -0.05) is 92.8 Å². The van der Waals surface area contributed by atoms with Gasteiger partial charge in [-0.3, -0.25) is 19.2 Å². The molecule has 4 rings (SSSR count). The Bertz CT molecular complexity index is 1930. The van der Waals surface area contributed by atoms with E-state index in [1.165, 1.54) is 12.1 Å². The van der Waals surface area contributed by atoms with Gasteiger partial charge in [0.15, 0.2) is 0 Å². The summed E-state index contributed by atoms with van der Waals surface area (Å²) in [5.74, 6) is -3.24. The van der Waals surface area contributed by atoms with Crippen molar-refractivity contribution in [2.24, 2.45) is 5.73 Å². The number of imidazole rings is 1. The Kier molecular flexibility index (Phi) is 18.6. The molecule has 14 nitrogen and oxygen atoms in total. The molecule has 0 radical (unpaired) electrons. The standard InChI is InChI=1S/C45H59N7O7/c1-3-4-5-6-10-16-41(54)47-25-12-11-15-38(49-42(55)37(46)28-34-29-52(30-48-34)35-13-8-7-9-14-35)43(56)50-39(26-32-19-17-31(2)18-20-32)44(57)51-40(45(58)59)27-33-21-23-36(53)24-22-33/h7-9,13-14,17-24,29-30,37-40,53H,3-6,10-12,15-16,25-28,46H2,1-2H3,(H,47,54)(H,49,55)(H,50,56)(H,51,57)(H,58,59). The van der Waals surface area contributed by atoms with Crippen LogP contribution in [0, 0.1) is 6.92 Å². The van der Waals surface area contributed by atoms with Crippen LogP contribution in [-0.2, 0) is 43.2 Å². The summed E-state index contributed by atoms with van der Waals surface area (Å²) in [4.78, 5) is 70.7. The fraction of sp³-hybridized carbons (Fsp3) is 0.422. The van der Waals surface area contributed by atoms with Crippen molar-refractivity contribution in [2.75, 3.05) is 6.54 Å². The number of nitrogens with two attached hydrogens (primary N) is 1. The minimum atomic E-state index is -1.34. The summed E-state index contributed by atoms with van der Waals surface area (Å²) in [5.41, 5.74) is 10.1. The zero-order chi connectivity index (χ0) is 42.6. The minimum Gasteiger partial charge on any atom is -0.508 e. The van der Waals surface area contributed by atoms with Gasteiger partial charge in [-0.2, -0.15) is 0 Å². The first kappa shape index (κ1) is 45.7. The largest absolute Gasteiger partial charge is 0.508 e. The van der Waals surface area contributed by atoms with E-state index in [1.54, 1.807) is 24.7 Å². The second kappa shape index (κ2) is 24.0. The molecule has 4 amide bonds. The van der Waals surface area contributed by atoms with E-state index in [-0.39, 0.29) is 37.3 Å².